The number of carbonyl (C=O) groups is 1. The molecule has 2 heterocycles. The van der Waals surface area contributed by atoms with Crippen LogP contribution in [0.25, 0.3) is 0 Å². The molecule has 0 aliphatic heterocycles. The van der Waals surface area contributed by atoms with Crippen LogP contribution in [0.4, 0.5) is 14.8 Å². The molecule has 2 aromatic rings. The number of halogens is 2. The highest BCUT2D eigenvalue weighted by atomic mass is 19.2. The molecule has 5 nitrogen and oxygen atoms in total. The van der Waals surface area contributed by atoms with Gasteiger partial charge in [-0.1, -0.05) is 0 Å². The summed E-state index contributed by atoms with van der Waals surface area (Å²) in [6, 6.07) is 0.980. The van der Waals surface area contributed by atoms with Gasteiger partial charge in [0.05, 0.1) is 11.3 Å². The quantitative estimate of drug-likeness (QED) is 0.813. The third-order valence-electron chi connectivity index (χ3n) is 1.93. The van der Waals surface area contributed by atoms with Crippen LogP contribution in [-0.4, -0.2) is 15.9 Å². The van der Waals surface area contributed by atoms with Crippen molar-refractivity contribution >= 4 is 11.9 Å². The summed E-state index contributed by atoms with van der Waals surface area (Å²) in [4.78, 5) is 18.4. The molecule has 2 rings (SSSR count). The molecule has 0 radical (unpaired) electrons. The average molecular weight is 239 g/mol. The van der Waals surface area contributed by atoms with Crippen molar-refractivity contribution in [1.82, 2.24) is 9.97 Å². The minimum atomic E-state index is -1.33. The molecule has 0 aliphatic rings. The Labute approximate surface area is 94.5 Å². The standard InChI is InChI=1S/C10H7F2N3O2/c1-5-4-17-10(14-5)15-9(16)6-2-3-13-8(12)7(6)11/h2-4H,1H3,(H,14,15,16). The Bertz CT molecular complexity index is 568. The minimum absolute atomic E-state index is 0.0795. The molecule has 88 valence electrons. The van der Waals surface area contributed by atoms with E-state index in [1.807, 2.05) is 0 Å². The van der Waals surface area contributed by atoms with Crippen molar-refractivity contribution in [2.45, 2.75) is 6.92 Å². The highest BCUT2D eigenvalue weighted by Crippen LogP contribution is 2.12. The predicted octanol–water partition coefficient (Wildman–Crippen LogP) is 1.91. The first-order valence-corrected chi connectivity index (χ1v) is 4.61. The summed E-state index contributed by atoms with van der Waals surface area (Å²) in [5.74, 6) is -3.50. The van der Waals surface area contributed by atoms with Gasteiger partial charge in [0, 0.05) is 6.20 Å². The summed E-state index contributed by atoms with van der Waals surface area (Å²) in [6.07, 6.45) is 2.31. The molecule has 1 amide bonds. The van der Waals surface area contributed by atoms with Crippen molar-refractivity contribution in [2.75, 3.05) is 5.32 Å². The fourth-order valence-corrected chi connectivity index (χ4v) is 1.17. The predicted molar refractivity (Wildman–Crippen MR) is 53.3 cm³/mol. The normalized spacial score (nSPS) is 10.3. The molecule has 7 heteroatoms. The lowest BCUT2D eigenvalue weighted by molar-refractivity contribution is 0.101. The van der Waals surface area contributed by atoms with Crippen LogP contribution in [0.15, 0.2) is 22.9 Å². The maximum Gasteiger partial charge on any atom is 0.301 e. The first-order valence-electron chi connectivity index (χ1n) is 4.61. The maximum absolute atomic E-state index is 13.2. The monoisotopic (exact) mass is 239 g/mol. The second-order valence-corrected chi connectivity index (χ2v) is 3.21. The van der Waals surface area contributed by atoms with Crippen LogP contribution in [-0.2, 0) is 0 Å². The molecule has 0 aliphatic carbocycles. The topological polar surface area (TPSA) is 68.0 Å². The number of nitrogens with zero attached hydrogens (tertiary/aromatic N) is 2. The summed E-state index contributed by atoms with van der Waals surface area (Å²) in [5.41, 5.74) is 0.0926. The molecule has 0 fully saturated rings. The van der Waals surface area contributed by atoms with E-state index in [4.69, 9.17) is 4.42 Å². The second kappa shape index (κ2) is 4.28. The zero-order chi connectivity index (χ0) is 12.4. The van der Waals surface area contributed by atoms with Crippen molar-refractivity contribution in [3.8, 4) is 0 Å². The summed E-state index contributed by atoms with van der Waals surface area (Å²) in [5, 5.41) is 2.20. The lowest BCUT2D eigenvalue weighted by atomic mass is 10.2. The Balaban J connectivity index is 2.23. The van der Waals surface area contributed by atoms with Gasteiger partial charge < -0.3 is 4.42 Å². The van der Waals surface area contributed by atoms with Crippen molar-refractivity contribution in [1.29, 1.82) is 0 Å². The number of oxazole rings is 1. The van der Waals surface area contributed by atoms with Gasteiger partial charge in [0.1, 0.15) is 6.26 Å². The number of anilines is 1. The summed E-state index contributed by atoms with van der Waals surface area (Å²) in [7, 11) is 0. The number of carbonyl (C=O) groups excluding carboxylic acids is 1. The Morgan fingerprint density at radius 3 is 2.88 bits per heavy atom. The number of rotatable bonds is 2. The van der Waals surface area contributed by atoms with Crippen LogP contribution in [0.1, 0.15) is 16.1 Å². The van der Waals surface area contributed by atoms with Crippen molar-refractivity contribution in [3.05, 3.63) is 41.5 Å². The molecule has 0 unspecified atom stereocenters. The van der Waals surface area contributed by atoms with Crippen molar-refractivity contribution in [2.24, 2.45) is 0 Å². The minimum Gasteiger partial charge on any atom is -0.432 e. The molecule has 0 spiro atoms. The molecule has 1 N–H and O–H groups in total. The Kier molecular flexibility index (Phi) is 2.82. The number of aromatic nitrogens is 2. The van der Waals surface area contributed by atoms with E-state index in [0.29, 0.717) is 5.69 Å². The molecule has 0 aromatic carbocycles. The van der Waals surface area contributed by atoms with Crippen LogP contribution in [0, 0.1) is 18.7 Å². The van der Waals surface area contributed by atoms with Gasteiger partial charge >= 0.3 is 6.01 Å². The third-order valence-corrected chi connectivity index (χ3v) is 1.93. The van der Waals surface area contributed by atoms with Gasteiger partial charge in [0.2, 0.25) is 5.95 Å². The van der Waals surface area contributed by atoms with E-state index in [1.54, 1.807) is 6.92 Å². The zero-order valence-electron chi connectivity index (χ0n) is 8.70. The van der Waals surface area contributed by atoms with E-state index in [-0.39, 0.29) is 6.01 Å². The molecule has 2 aromatic heterocycles. The van der Waals surface area contributed by atoms with Crippen molar-refractivity contribution in [3.63, 3.8) is 0 Å². The van der Waals surface area contributed by atoms with Crippen molar-refractivity contribution < 1.29 is 18.0 Å². The average Bonchev–Trinajstić information content (AvgIpc) is 2.68. The summed E-state index contributed by atoms with van der Waals surface area (Å²) >= 11 is 0. The largest absolute Gasteiger partial charge is 0.432 e. The third kappa shape index (κ3) is 2.27. The molecular formula is C10H7F2N3O2. The Morgan fingerprint density at radius 1 is 1.47 bits per heavy atom. The Hall–Kier alpha value is -2.31. The highest BCUT2D eigenvalue weighted by Gasteiger charge is 2.17. The van der Waals surface area contributed by atoms with E-state index in [1.165, 1.54) is 6.26 Å². The smallest absolute Gasteiger partial charge is 0.301 e. The number of nitrogens with one attached hydrogen (secondary N) is 1. The molecule has 0 saturated carbocycles. The summed E-state index contributed by atoms with van der Waals surface area (Å²) < 4.78 is 30.8. The fourth-order valence-electron chi connectivity index (χ4n) is 1.17. The molecular weight excluding hydrogens is 232 g/mol. The first-order chi connectivity index (χ1) is 8.08. The summed E-state index contributed by atoms with van der Waals surface area (Å²) in [6.45, 7) is 1.66. The SMILES string of the molecule is Cc1coc(NC(=O)c2ccnc(F)c2F)n1. The molecule has 0 bridgehead atoms. The number of hydrogen-bond acceptors (Lipinski definition) is 4. The van der Waals surface area contributed by atoms with Gasteiger partial charge in [0.15, 0.2) is 5.82 Å². The van der Waals surface area contributed by atoms with E-state index in [2.05, 4.69) is 15.3 Å². The van der Waals surface area contributed by atoms with Crippen LogP contribution < -0.4 is 5.32 Å². The fraction of sp³-hybridized carbons (Fsp3) is 0.100. The number of amides is 1. The van der Waals surface area contributed by atoms with Gasteiger partial charge in [-0.3, -0.25) is 10.1 Å². The van der Waals surface area contributed by atoms with E-state index in [0.717, 1.165) is 12.3 Å². The molecule has 0 saturated heterocycles. The van der Waals surface area contributed by atoms with Crippen LogP contribution in [0.2, 0.25) is 0 Å². The number of hydrogen-bond donors (Lipinski definition) is 1. The molecule has 0 atom stereocenters. The van der Waals surface area contributed by atoms with E-state index < -0.39 is 23.2 Å². The van der Waals surface area contributed by atoms with E-state index >= 15 is 0 Å². The maximum atomic E-state index is 13.2. The van der Waals surface area contributed by atoms with Gasteiger partial charge in [-0.25, -0.2) is 9.37 Å². The lowest BCUT2D eigenvalue weighted by Crippen LogP contribution is -2.15. The van der Waals surface area contributed by atoms with E-state index in [9.17, 15) is 13.6 Å². The Morgan fingerprint density at radius 2 is 2.24 bits per heavy atom. The first kappa shape index (κ1) is 11.2. The van der Waals surface area contributed by atoms with Gasteiger partial charge in [0.25, 0.3) is 5.91 Å². The van der Waals surface area contributed by atoms with Crippen LogP contribution in [0.3, 0.4) is 0 Å². The van der Waals surface area contributed by atoms with Crippen LogP contribution in [0.5, 0.6) is 0 Å². The zero-order valence-corrected chi connectivity index (χ0v) is 8.70. The molecule has 17 heavy (non-hydrogen) atoms. The van der Waals surface area contributed by atoms with Gasteiger partial charge in [-0.15, -0.1) is 0 Å². The van der Waals surface area contributed by atoms with Gasteiger partial charge in [-0.2, -0.15) is 9.37 Å². The number of pyridine rings is 1. The number of aryl methyl sites for hydroxylation is 1. The second-order valence-electron chi connectivity index (χ2n) is 3.21. The lowest BCUT2D eigenvalue weighted by Gasteiger charge is -2.02. The van der Waals surface area contributed by atoms with Gasteiger partial charge in [-0.05, 0) is 13.0 Å². The highest BCUT2D eigenvalue weighted by molar-refractivity contribution is 6.03. The van der Waals surface area contributed by atoms with Crippen LogP contribution >= 0.6 is 0 Å².